The lowest BCUT2D eigenvalue weighted by Crippen LogP contribution is -2.48. The first-order valence-electron chi connectivity index (χ1n) is 10.6. The van der Waals surface area contributed by atoms with Gasteiger partial charge < -0.3 is 9.47 Å². The topological polar surface area (TPSA) is 72.1 Å². The fourth-order valence-electron chi connectivity index (χ4n) is 3.94. The largest absolute Gasteiger partial charge is 0.352 e. The molecular formula is C22H31N7O. The van der Waals surface area contributed by atoms with Crippen LogP contribution in [0.25, 0.3) is 11.0 Å². The summed E-state index contributed by atoms with van der Waals surface area (Å²) in [6, 6.07) is 5.58. The number of rotatable bonds is 4. The minimum atomic E-state index is -0.0702. The van der Waals surface area contributed by atoms with Crippen molar-refractivity contribution in [3.8, 4) is 0 Å². The van der Waals surface area contributed by atoms with Gasteiger partial charge in [-0.05, 0) is 19.1 Å². The monoisotopic (exact) mass is 409 g/mol. The minimum absolute atomic E-state index is 0.0379. The lowest BCUT2D eigenvalue weighted by molar-refractivity contribution is 0.241. The van der Waals surface area contributed by atoms with Crippen molar-refractivity contribution in [1.82, 2.24) is 29.2 Å². The van der Waals surface area contributed by atoms with Gasteiger partial charge in [0, 0.05) is 56.9 Å². The average molecular weight is 410 g/mol. The predicted molar refractivity (Wildman–Crippen MR) is 119 cm³/mol. The summed E-state index contributed by atoms with van der Waals surface area (Å²) in [5.74, 6) is 1.01. The van der Waals surface area contributed by atoms with Gasteiger partial charge in [0.05, 0.1) is 17.8 Å². The molecule has 1 saturated heterocycles. The lowest BCUT2D eigenvalue weighted by Gasteiger charge is -2.35. The van der Waals surface area contributed by atoms with Crippen molar-refractivity contribution in [1.29, 1.82) is 0 Å². The molecule has 0 radical (unpaired) electrons. The number of anilines is 1. The normalized spacial score (nSPS) is 15.8. The van der Waals surface area contributed by atoms with E-state index in [-0.39, 0.29) is 11.0 Å². The van der Waals surface area contributed by atoms with Crippen LogP contribution < -0.4 is 10.5 Å². The molecule has 1 fully saturated rings. The highest BCUT2D eigenvalue weighted by Crippen LogP contribution is 2.26. The zero-order valence-electron chi connectivity index (χ0n) is 18.6. The van der Waals surface area contributed by atoms with E-state index in [1.807, 2.05) is 6.07 Å². The van der Waals surface area contributed by atoms with E-state index in [9.17, 15) is 4.79 Å². The van der Waals surface area contributed by atoms with Crippen molar-refractivity contribution < 1.29 is 0 Å². The van der Waals surface area contributed by atoms with Gasteiger partial charge in [-0.25, -0.2) is 14.6 Å². The zero-order chi connectivity index (χ0) is 21.5. The Labute approximate surface area is 177 Å². The molecule has 0 bridgehead atoms. The number of fused-ring (bicyclic) bond motifs is 1. The van der Waals surface area contributed by atoms with Crippen LogP contribution >= 0.6 is 0 Å². The van der Waals surface area contributed by atoms with Gasteiger partial charge in [-0.2, -0.15) is 5.10 Å². The standard InChI is InChI=1S/C22H31N7O/c1-16-14-17-20(26(16)5)21(24-15-23-17)28-11-8-27(9-12-28)10-13-29-19(30)7-6-18(25-29)22(2,3)4/h6-7,14-15H,8-13H2,1-5H3. The van der Waals surface area contributed by atoms with Crippen molar-refractivity contribution in [3.05, 3.63) is 46.3 Å². The molecule has 1 aliphatic rings. The number of aryl methyl sites for hydroxylation is 2. The van der Waals surface area contributed by atoms with Gasteiger partial charge in [-0.3, -0.25) is 9.69 Å². The second-order valence-corrected chi connectivity index (χ2v) is 9.13. The lowest BCUT2D eigenvalue weighted by atomic mass is 9.92. The summed E-state index contributed by atoms with van der Waals surface area (Å²) >= 11 is 0. The summed E-state index contributed by atoms with van der Waals surface area (Å²) in [6.45, 7) is 13.5. The highest BCUT2D eigenvalue weighted by atomic mass is 16.1. The summed E-state index contributed by atoms with van der Waals surface area (Å²) in [6.07, 6.45) is 1.66. The fourth-order valence-corrected chi connectivity index (χ4v) is 3.94. The Morgan fingerprint density at radius 2 is 1.77 bits per heavy atom. The summed E-state index contributed by atoms with van der Waals surface area (Å²) in [5, 5.41) is 4.58. The van der Waals surface area contributed by atoms with E-state index in [1.165, 1.54) is 5.69 Å². The van der Waals surface area contributed by atoms with Crippen LogP contribution in [0.3, 0.4) is 0 Å². The van der Waals surface area contributed by atoms with E-state index in [0.717, 1.165) is 55.3 Å². The Balaban J connectivity index is 1.41. The zero-order valence-corrected chi connectivity index (χ0v) is 18.6. The molecule has 30 heavy (non-hydrogen) atoms. The molecule has 0 spiro atoms. The van der Waals surface area contributed by atoms with Gasteiger partial charge in [0.1, 0.15) is 11.8 Å². The summed E-state index contributed by atoms with van der Waals surface area (Å²) in [7, 11) is 2.07. The third kappa shape index (κ3) is 3.96. The third-order valence-corrected chi connectivity index (χ3v) is 5.98. The highest BCUT2D eigenvalue weighted by Gasteiger charge is 2.22. The van der Waals surface area contributed by atoms with Gasteiger partial charge in [0.2, 0.25) is 0 Å². The van der Waals surface area contributed by atoms with Crippen molar-refractivity contribution in [2.45, 2.75) is 39.7 Å². The molecule has 0 saturated carbocycles. The Morgan fingerprint density at radius 3 is 2.47 bits per heavy atom. The molecule has 1 aliphatic heterocycles. The van der Waals surface area contributed by atoms with E-state index >= 15 is 0 Å². The second-order valence-electron chi connectivity index (χ2n) is 9.13. The summed E-state index contributed by atoms with van der Waals surface area (Å²) in [4.78, 5) is 26.0. The highest BCUT2D eigenvalue weighted by molar-refractivity contribution is 5.87. The Morgan fingerprint density at radius 1 is 1.03 bits per heavy atom. The molecule has 8 heteroatoms. The molecule has 0 aliphatic carbocycles. The second kappa shape index (κ2) is 7.83. The molecule has 3 aromatic rings. The van der Waals surface area contributed by atoms with Crippen LogP contribution in [0.5, 0.6) is 0 Å². The van der Waals surface area contributed by atoms with Gasteiger partial charge >= 0.3 is 0 Å². The van der Waals surface area contributed by atoms with Gasteiger partial charge in [0.25, 0.3) is 5.56 Å². The average Bonchev–Trinajstić information content (AvgIpc) is 3.01. The van der Waals surface area contributed by atoms with Gasteiger partial charge in [-0.15, -0.1) is 0 Å². The van der Waals surface area contributed by atoms with Crippen LogP contribution in [-0.2, 0) is 19.0 Å². The van der Waals surface area contributed by atoms with E-state index in [1.54, 1.807) is 17.1 Å². The summed E-state index contributed by atoms with van der Waals surface area (Å²) < 4.78 is 3.77. The summed E-state index contributed by atoms with van der Waals surface area (Å²) in [5.41, 5.74) is 4.10. The first-order valence-corrected chi connectivity index (χ1v) is 10.6. The van der Waals surface area contributed by atoms with Crippen LogP contribution in [-0.4, -0.2) is 61.9 Å². The molecular weight excluding hydrogens is 378 g/mol. The van der Waals surface area contributed by atoms with Crippen LogP contribution in [0.1, 0.15) is 32.2 Å². The van der Waals surface area contributed by atoms with Crippen molar-refractivity contribution in [2.75, 3.05) is 37.6 Å². The first kappa shape index (κ1) is 20.5. The number of hydrogen-bond donors (Lipinski definition) is 0. The number of hydrogen-bond acceptors (Lipinski definition) is 6. The van der Waals surface area contributed by atoms with Crippen molar-refractivity contribution in [3.63, 3.8) is 0 Å². The number of piperazine rings is 1. The Bertz CT molecular complexity index is 1100. The van der Waals surface area contributed by atoms with E-state index in [4.69, 9.17) is 0 Å². The molecule has 0 unspecified atom stereocenters. The SMILES string of the molecule is Cc1cc2ncnc(N3CCN(CCn4nc(C(C)(C)C)ccc4=O)CC3)c2n1C. The Hall–Kier alpha value is -2.74. The molecule has 4 heterocycles. The fraction of sp³-hybridized carbons (Fsp3) is 0.545. The molecule has 0 N–H and O–H groups in total. The Kier molecular flexibility index (Phi) is 5.36. The molecule has 8 nitrogen and oxygen atoms in total. The van der Waals surface area contributed by atoms with Crippen molar-refractivity contribution >= 4 is 16.9 Å². The number of aromatic nitrogens is 5. The first-order chi connectivity index (χ1) is 14.2. The number of nitrogens with zero attached hydrogens (tertiary/aromatic N) is 7. The molecule has 4 rings (SSSR count). The van der Waals surface area contributed by atoms with Crippen LogP contribution in [0.15, 0.2) is 29.3 Å². The molecule has 3 aromatic heterocycles. The smallest absolute Gasteiger partial charge is 0.266 e. The van der Waals surface area contributed by atoms with Crippen LogP contribution in [0, 0.1) is 6.92 Å². The van der Waals surface area contributed by atoms with Gasteiger partial charge in [-0.1, -0.05) is 20.8 Å². The minimum Gasteiger partial charge on any atom is -0.352 e. The molecule has 0 atom stereocenters. The third-order valence-electron chi connectivity index (χ3n) is 5.98. The van der Waals surface area contributed by atoms with Crippen LogP contribution in [0.2, 0.25) is 0 Å². The maximum Gasteiger partial charge on any atom is 0.266 e. The molecule has 0 aromatic carbocycles. The van der Waals surface area contributed by atoms with Crippen molar-refractivity contribution in [2.24, 2.45) is 7.05 Å². The van der Waals surface area contributed by atoms with Crippen LogP contribution in [0.4, 0.5) is 5.82 Å². The van der Waals surface area contributed by atoms with E-state index < -0.39 is 0 Å². The van der Waals surface area contributed by atoms with E-state index in [2.05, 4.69) is 70.2 Å². The van der Waals surface area contributed by atoms with E-state index in [0.29, 0.717) is 6.54 Å². The molecule has 0 amide bonds. The maximum absolute atomic E-state index is 12.2. The van der Waals surface area contributed by atoms with Gasteiger partial charge in [0.15, 0.2) is 5.82 Å². The predicted octanol–water partition coefficient (Wildman–Crippen LogP) is 1.95. The quantitative estimate of drug-likeness (QED) is 0.656. The maximum atomic E-state index is 12.2. The molecule has 160 valence electrons.